The first-order valence-corrected chi connectivity index (χ1v) is 5.97. The van der Waals surface area contributed by atoms with Gasteiger partial charge in [0, 0.05) is 6.42 Å². The van der Waals surface area contributed by atoms with Crippen LogP contribution in [0, 0.1) is 0 Å². The lowest BCUT2D eigenvalue weighted by molar-refractivity contribution is 0.0694. The molecule has 0 bridgehead atoms. The highest BCUT2D eigenvalue weighted by atomic mass is 16.5. The molecule has 4 heteroatoms. The van der Waals surface area contributed by atoms with E-state index in [0.717, 1.165) is 28.9 Å². The van der Waals surface area contributed by atoms with Crippen LogP contribution in [-0.4, -0.2) is 22.8 Å². The number of carboxylic acids is 1. The fraction of sp³-hybridized carbons (Fsp3) is 0.133. The standard InChI is InChI=1S/C15H12O4/c16-13-3-1-10(8-12(13)15(17)18)9-2-4-14-11(7-9)5-6-19-14/h1-4,7-8,16H,5-6H2,(H,17,18). The number of benzene rings is 2. The molecule has 2 aromatic rings. The molecule has 0 spiro atoms. The summed E-state index contributed by atoms with van der Waals surface area (Å²) in [7, 11) is 0. The molecule has 0 radical (unpaired) electrons. The normalized spacial score (nSPS) is 12.8. The highest BCUT2D eigenvalue weighted by Crippen LogP contribution is 2.32. The maximum absolute atomic E-state index is 11.0. The smallest absolute Gasteiger partial charge is 0.339 e. The molecule has 0 aromatic heterocycles. The van der Waals surface area contributed by atoms with Gasteiger partial charge < -0.3 is 14.9 Å². The van der Waals surface area contributed by atoms with E-state index in [0.29, 0.717) is 6.61 Å². The summed E-state index contributed by atoms with van der Waals surface area (Å²) in [6.45, 7) is 0.689. The molecule has 3 rings (SSSR count). The van der Waals surface area contributed by atoms with Gasteiger partial charge in [-0.05, 0) is 41.0 Å². The van der Waals surface area contributed by atoms with Crippen molar-refractivity contribution >= 4 is 5.97 Å². The minimum Gasteiger partial charge on any atom is -0.507 e. The Morgan fingerprint density at radius 3 is 2.63 bits per heavy atom. The van der Waals surface area contributed by atoms with Crippen molar-refractivity contribution in [3.63, 3.8) is 0 Å². The second-order valence-corrected chi connectivity index (χ2v) is 4.46. The number of rotatable bonds is 2. The predicted octanol–water partition coefficient (Wildman–Crippen LogP) is 2.69. The zero-order valence-corrected chi connectivity index (χ0v) is 10.1. The van der Waals surface area contributed by atoms with Crippen molar-refractivity contribution in [3.8, 4) is 22.6 Å². The van der Waals surface area contributed by atoms with Gasteiger partial charge in [-0.2, -0.15) is 0 Å². The van der Waals surface area contributed by atoms with Crippen molar-refractivity contribution in [2.45, 2.75) is 6.42 Å². The summed E-state index contributed by atoms with van der Waals surface area (Å²) >= 11 is 0. The number of ether oxygens (including phenoxy) is 1. The highest BCUT2D eigenvalue weighted by molar-refractivity contribution is 5.92. The second kappa shape index (κ2) is 4.31. The average Bonchev–Trinajstić information content (AvgIpc) is 2.86. The van der Waals surface area contributed by atoms with Crippen LogP contribution in [0.15, 0.2) is 36.4 Å². The number of fused-ring (bicyclic) bond motifs is 1. The molecule has 0 amide bonds. The Balaban J connectivity index is 2.07. The topological polar surface area (TPSA) is 66.8 Å². The summed E-state index contributed by atoms with van der Waals surface area (Å²) in [6, 6.07) is 10.4. The van der Waals surface area contributed by atoms with Gasteiger partial charge in [-0.25, -0.2) is 4.79 Å². The van der Waals surface area contributed by atoms with Crippen molar-refractivity contribution in [2.75, 3.05) is 6.61 Å². The number of aromatic hydroxyl groups is 1. The first kappa shape index (κ1) is 11.6. The van der Waals surface area contributed by atoms with Crippen LogP contribution in [-0.2, 0) is 6.42 Å². The molecule has 1 heterocycles. The van der Waals surface area contributed by atoms with Crippen molar-refractivity contribution in [1.82, 2.24) is 0 Å². The van der Waals surface area contributed by atoms with Gasteiger partial charge in [0.1, 0.15) is 17.1 Å². The van der Waals surface area contributed by atoms with E-state index in [1.807, 2.05) is 18.2 Å². The zero-order chi connectivity index (χ0) is 13.4. The number of carboxylic acid groups (broad SMARTS) is 1. The van der Waals surface area contributed by atoms with Gasteiger partial charge in [-0.3, -0.25) is 0 Å². The van der Waals surface area contributed by atoms with Crippen LogP contribution in [0.3, 0.4) is 0 Å². The number of hydrogen-bond donors (Lipinski definition) is 2. The fourth-order valence-corrected chi connectivity index (χ4v) is 2.25. The van der Waals surface area contributed by atoms with Crippen molar-refractivity contribution < 1.29 is 19.7 Å². The van der Waals surface area contributed by atoms with E-state index in [9.17, 15) is 9.90 Å². The third kappa shape index (κ3) is 2.01. The number of aromatic carboxylic acids is 1. The van der Waals surface area contributed by atoms with Gasteiger partial charge in [0.15, 0.2) is 0 Å². The first-order valence-electron chi connectivity index (χ1n) is 5.97. The predicted molar refractivity (Wildman–Crippen MR) is 69.7 cm³/mol. The van der Waals surface area contributed by atoms with E-state index in [1.54, 1.807) is 6.07 Å². The quantitative estimate of drug-likeness (QED) is 0.867. The third-order valence-corrected chi connectivity index (χ3v) is 3.25. The van der Waals surface area contributed by atoms with E-state index in [2.05, 4.69) is 0 Å². The molecule has 0 unspecified atom stereocenters. The molecule has 0 saturated carbocycles. The Morgan fingerprint density at radius 2 is 1.84 bits per heavy atom. The minimum absolute atomic E-state index is 0.0887. The van der Waals surface area contributed by atoms with E-state index < -0.39 is 5.97 Å². The third-order valence-electron chi connectivity index (χ3n) is 3.25. The lowest BCUT2D eigenvalue weighted by Gasteiger charge is -2.07. The molecule has 1 aliphatic rings. The Kier molecular flexibility index (Phi) is 2.63. The van der Waals surface area contributed by atoms with Crippen molar-refractivity contribution in [2.24, 2.45) is 0 Å². The SMILES string of the molecule is O=C(O)c1cc(-c2ccc3c(c2)CCO3)ccc1O. The molecule has 96 valence electrons. The molecule has 0 aliphatic carbocycles. The maximum Gasteiger partial charge on any atom is 0.339 e. The molecule has 0 saturated heterocycles. The van der Waals surface area contributed by atoms with Gasteiger partial charge in [0.25, 0.3) is 0 Å². The van der Waals surface area contributed by atoms with E-state index in [-0.39, 0.29) is 11.3 Å². The molecule has 4 nitrogen and oxygen atoms in total. The Labute approximate surface area is 109 Å². The largest absolute Gasteiger partial charge is 0.507 e. The lowest BCUT2D eigenvalue weighted by atomic mass is 10.00. The molecule has 0 atom stereocenters. The highest BCUT2D eigenvalue weighted by Gasteiger charge is 2.14. The lowest BCUT2D eigenvalue weighted by Crippen LogP contribution is -1.97. The summed E-state index contributed by atoms with van der Waals surface area (Å²) in [4.78, 5) is 11.0. The average molecular weight is 256 g/mol. The van der Waals surface area contributed by atoms with Gasteiger partial charge in [-0.1, -0.05) is 12.1 Å². The maximum atomic E-state index is 11.0. The zero-order valence-electron chi connectivity index (χ0n) is 10.1. The number of phenols is 1. The van der Waals surface area contributed by atoms with Gasteiger partial charge >= 0.3 is 5.97 Å². The molecule has 19 heavy (non-hydrogen) atoms. The van der Waals surface area contributed by atoms with E-state index in [4.69, 9.17) is 9.84 Å². The van der Waals surface area contributed by atoms with Crippen LogP contribution in [0.25, 0.3) is 11.1 Å². The van der Waals surface area contributed by atoms with Crippen molar-refractivity contribution in [1.29, 1.82) is 0 Å². The number of carbonyl (C=O) groups is 1. The molecule has 2 N–H and O–H groups in total. The Morgan fingerprint density at radius 1 is 1.11 bits per heavy atom. The van der Waals surface area contributed by atoms with Gasteiger partial charge in [-0.15, -0.1) is 0 Å². The van der Waals surface area contributed by atoms with Crippen LogP contribution in [0.2, 0.25) is 0 Å². The summed E-state index contributed by atoms with van der Waals surface area (Å²) in [5.41, 5.74) is 2.73. The van der Waals surface area contributed by atoms with Crippen LogP contribution in [0.1, 0.15) is 15.9 Å². The van der Waals surface area contributed by atoms with Gasteiger partial charge in [0.2, 0.25) is 0 Å². The van der Waals surface area contributed by atoms with Crippen LogP contribution in [0.4, 0.5) is 0 Å². The van der Waals surface area contributed by atoms with Crippen LogP contribution < -0.4 is 4.74 Å². The summed E-state index contributed by atoms with van der Waals surface area (Å²) < 4.78 is 5.44. The van der Waals surface area contributed by atoms with E-state index in [1.165, 1.54) is 12.1 Å². The van der Waals surface area contributed by atoms with E-state index >= 15 is 0 Å². The molecular weight excluding hydrogens is 244 g/mol. The monoisotopic (exact) mass is 256 g/mol. The minimum atomic E-state index is -1.14. The molecule has 1 aliphatic heterocycles. The summed E-state index contributed by atoms with van der Waals surface area (Å²) in [5, 5.41) is 18.5. The number of hydrogen-bond acceptors (Lipinski definition) is 3. The Hall–Kier alpha value is -2.49. The molecular formula is C15H12O4. The molecule has 2 aromatic carbocycles. The second-order valence-electron chi connectivity index (χ2n) is 4.46. The van der Waals surface area contributed by atoms with Crippen LogP contribution >= 0.6 is 0 Å². The summed E-state index contributed by atoms with van der Waals surface area (Å²) in [6.07, 6.45) is 0.868. The van der Waals surface area contributed by atoms with Crippen molar-refractivity contribution in [3.05, 3.63) is 47.5 Å². The molecule has 0 fully saturated rings. The first-order chi connectivity index (χ1) is 9.15. The van der Waals surface area contributed by atoms with Gasteiger partial charge in [0.05, 0.1) is 6.61 Å². The summed E-state index contributed by atoms with van der Waals surface area (Å²) in [5.74, 6) is -0.467. The fourth-order valence-electron chi connectivity index (χ4n) is 2.25. The van der Waals surface area contributed by atoms with Crippen LogP contribution in [0.5, 0.6) is 11.5 Å². The Bertz CT molecular complexity index is 661.